The molecule has 0 amide bonds. The predicted molar refractivity (Wildman–Crippen MR) is 99.9 cm³/mol. The van der Waals surface area contributed by atoms with Gasteiger partial charge in [0.05, 0.1) is 22.7 Å². The van der Waals surface area contributed by atoms with Crippen LogP contribution in [-0.4, -0.2) is 36.0 Å². The normalized spacial score (nSPS) is 20.0. The number of benzene rings is 2. The Hall–Kier alpha value is -2.73. The van der Waals surface area contributed by atoms with E-state index in [9.17, 15) is 14.9 Å². The van der Waals surface area contributed by atoms with Gasteiger partial charge in [-0.15, -0.1) is 0 Å². The van der Waals surface area contributed by atoms with Gasteiger partial charge in [-0.25, -0.2) is 0 Å². The highest BCUT2D eigenvalue weighted by Crippen LogP contribution is 2.30. The zero-order valence-corrected chi connectivity index (χ0v) is 15.1. The summed E-state index contributed by atoms with van der Waals surface area (Å²) in [7, 11) is 0. The van der Waals surface area contributed by atoms with Crippen LogP contribution in [0.15, 0.2) is 42.5 Å². The van der Waals surface area contributed by atoms with Crippen LogP contribution in [0, 0.1) is 17.0 Å². The quantitative estimate of drug-likeness (QED) is 0.475. The summed E-state index contributed by atoms with van der Waals surface area (Å²) in [5.74, 6) is -0.213. The molecule has 0 aliphatic carbocycles. The fraction of sp³-hybridized carbons (Fsp3) is 0.350. The van der Waals surface area contributed by atoms with Crippen LogP contribution in [0.4, 0.5) is 11.4 Å². The summed E-state index contributed by atoms with van der Waals surface area (Å²) in [5, 5.41) is 11.2. The highest BCUT2D eigenvalue weighted by molar-refractivity contribution is 6.12. The summed E-state index contributed by atoms with van der Waals surface area (Å²) in [5.41, 5.74) is 2.55. The molecule has 0 unspecified atom stereocenters. The number of rotatable bonds is 4. The third-order valence-electron chi connectivity index (χ3n) is 4.51. The summed E-state index contributed by atoms with van der Waals surface area (Å²) >= 11 is 0. The zero-order chi connectivity index (χ0) is 18.8. The molecule has 1 aliphatic rings. The van der Waals surface area contributed by atoms with Gasteiger partial charge in [0, 0.05) is 36.5 Å². The minimum Gasteiger partial charge on any atom is -0.372 e. The number of carbonyl (C=O) groups excluding carboxylic acids is 1. The van der Waals surface area contributed by atoms with Crippen molar-refractivity contribution in [3.8, 4) is 0 Å². The second-order valence-corrected chi connectivity index (χ2v) is 6.82. The average Bonchev–Trinajstić information content (AvgIpc) is 2.60. The summed E-state index contributed by atoms with van der Waals surface area (Å²) in [6.45, 7) is 7.18. The maximum Gasteiger partial charge on any atom is 0.270 e. The number of hydrogen-bond donors (Lipinski definition) is 0. The Kier molecular flexibility index (Phi) is 5.04. The molecule has 6 nitrogen and oxygen atoms in total. The molecule has 6 heteroatoms. The first kappa shape index (κ1) is 18.1. The molecule has 0 spiro atoms. The molecule has 2 atom stereocenters. The van der Waals surface area contributed by atoms with Crippen molar-refractivity contribution >= 4 is 17.2 Å². The van der Waals surface area contributed by atoms with E-state index in [4.69, 9.17) is 4.74 Å². The number of morpholine rings is 1. The number of ether oxygens (including phenoxy) is 1. The highest BCUT2D eigenvalue weighted by Gasteiger charge is 2.27. The van der Waals surface area contributed by atoms with E-state index in [1.807, 2.05) is 32.9 Å². The van der Waals surface area contributed by atoms with Gasteiger partial charge in [-0.2, -0.15) is 0 Å². The van der Waals surface area contributed by atoms with Crippen LogP contribution in [0.3, 0.4) is 0 Å². The maximum atomic E-state index is 13.1. The van der Waals surface area contributed by atoms with E-state index in [1.165, 1.54) is 12.1 Å². The Labute approximate surface area is 152 Å². The van der Waals surface area contributed by atoms with Gasteiger partial charge in [0.15, 0.2) is 5.78 Å². The van der Waals surface area contributed by atoms with Gasteiger partial charge >= 0.3 is 0 Å². The van der Waals surface area contributed by atoms with E-state index in [1.54, 1.807) is 18.2 Å². The lowest BCUT2D eigenvalue weighted by Gasteiger charge is -2.37. The Morgan fingerprint density at radius 1 is 1.12 bits per heavy atom. The summed E-state index contributed by atoms with van der Waals surface area (Å²) in [6, 6.07) is 11.7. The van der Waals surface area contributed by atoms with E-state index in [2.05, 4.69) is 4.90 Å². The van der Waals surface area contributed by atoms with E-state index < -0.39 is 4.92 Å². The van der Waals surface area contributed by atoms with Crippen molar-refractivity contribution in [1.82, 2.24) is 0 Å². The Bertz CT molecular complexity index is 822. The number of ketones is 1. The van der Waals surface area contributed by atoms with Crippen LogP contribution in [0.1, 0.15) is 35.3 Å². The number of nitro benzene ring substituents is 1. The second-order valence-electron chi connectivity index (χ2n) is 6.82. The number of aryl methyl sites for hydroxylation is 1. The molecule has 0 N–H and O–H groups in total. The van der Waals surface area contributed by atoms with Crippen LogP contribution in [-0.2, 0) is 4.74 Å². The first-order valence-corrected chi connectivity index (χ1v) is 8.65. The van der Waals surface area contributed by atoms with E-state index in [0.29, 0.717) is 29.9 Å². The van der Waals surface area contributed by atoms with Gasteiger partial charge < -0.3 is 9.64 Å². The molecule has 1 saturated heterocycles. The molecule has 0 radical (unpaired) electrons. The maximum absolute atomic E-state index is 13.1. The van der Waals surface area contributed by atoms with Gasteiger partial charge in [-0.1, -0.05) is 29.8 Å². The molecule has 1 heterocycles. The molecule has 2 aromatic carbocycles. The van der Waals surface area contributed by atoms with Crippen LogP contribution >= 0.6 is 0 Å². The summed E-state index contributed by atoms with van der Waals surface area (Å²) < 4.78 is 5.76. The largest absolute Gasteiger partial charge is 0.372 e. The summed E-state index contributed by atoms with van der Waals surface area (Å²) in [4.78, 5) is 25.9. The molecule has 3 rings (SSSR count). The Balaban J connectivity index is 2.05. The van der Waals surface area contributed by atoms with E-state index >= 15 is 0 Å². The van der Waals surface area contributed by atoms with Crippen molar-refractivity contribution in [2.24, 2.45) is 0 Å². The Morgan fingerprint density at radius 2 is 1.73 bits per heavy atom. The van der Waals surface area contributed by atoms with Gasteiger partial charge in [0.2, 0.25) is 0 Å². The lowest BCUT2D eigenvalue weighted by molar-refractivity contribution is -0.384. The number of carbonyl (C=O) groups is 1. The lowest BCUT2D eigenvalue weighted by atomic mass is 9.99. The molecular formula is C20H22N2O4. The number of anilines is 1. The topological polar surface area (TPSA) is 72.7 Å². The number of non-ortho nitro benzene ring substituents is 1. The monoisotopic (exact) mass is 354 g/mol. The van der Waals surface area contributed by atoms with Crippen LogP contribution < -0.4 is 4.90 Å². The van der Waals surface area contributed by atoms with Gasteiger partial charge in [0.25, 0.3) is 5.69 Å². The van der Waals surface area contributed by atoms with E-state index in [-0.39, 0.29) is 23.7 Å². The third-order valence-corrected chi connectivity index (χ3v) is 4.51. The molecular weight excluding hydrogens is 332 g/mol. The number of nitrogens with zero attached hydrogens (tertiary/aromatic N) is 2. The van der Waals surface area contributed by atoms with Crippen molar-refractivity contribution in [1.29, 1.82) is 0 Å². The first-order valence-electron chi connectivity index (χ1n) is 8.65. The highest BCUT2D eigenvalue weighted by atomic mass is 16.6. The molecule has 0 aromatic heterocycles. The fourth-order valence-electron chi connectivity index (χ4n) is 3.33. The van der Waals surface area contributed by atoms with Crippen molar-refractivity contribution < 1.29 is 14.5 Å². The average molecular weight is 354 g/mol. The minimum absolute atomic E-state index is 0.0243. The van der Waals surface area contributed by atoms with Crippen molar-refractivity contribution in [2.45, 2.75) is 33.0 Å². The number of hydrogen-bond acceptors (Lipinski definition) is 5. The lowest BCUT2D eigenvalue weighted by Crippen LogP contribution is -2.46. The molecule has 1 aliphatic heterocycles. The molecule has 26 heavy (non-hydrogen) atoms. The third kappa shape index (κ3) is 3.75. The second kappa shape index (κ2) is 7.25. The smallest absolute Gasteiger partial charge is 0.270 e. The van der Waals surface area contributed by atoms with Crippen molar-refractivity contribution in [2.75, 3.05) is 18.0 Å². The predicted octanol–water partition coefficient (Wildman–Crippen LogP) is 3.75. The molecule has 136 valence electrons. The van der Waals surface area contributed by atoms with Crippen LogP contribution in [0.25, 0.3) is 0 Å². The summed E-state index contributed by atoms with van der Waals surface area (Å²) in [6.07, 6.45) is 0.0486. The van der Waals surface area contributed by atoms with Gasteiger partial charge in [-0.3, -0.25) is 14.9 Å². The Morgan fingerprint density at radius 3 is 2.31 bits per heavy atom. The van der Waals surface area contributed by atoms with Crippen LogP contribution in [0.2, 0.25) is 0 Å². The van der Waals surface area contributed by atoms with Gasteiger partial charge in [0.1, 0.15) is 0 Å². The molecule has 1 fully saturated rings. The SMILES string of the molecule is Cc1ccc(C(=O)c2cc([N+](=O)[O-])ccc2N2C[C@@H](C)O[C@@H](C)C2)cc1. The first-order chi connectivity index (χ1) is 12.3. The van der Waals surface area contributed by atoms with Crippen LogP contribution in [0.5, 0.6) is 0 Å². The molecule has 0 saturated carbocycles. The standard InChI is InChI=1S/C20H22N2O4/c1-13-4-6-16(7-5-13)20(23)18-10-17(22(24)25)8-9-19(18)21-11-14(2)26-15(3)12-21/h4-10,14-15H,11-12H2,1-3H3/t14-,15+. The molecule has 0 bridgehead atoms. The minimum atomic E-state index is -0.472. The van der Waals surface area contributed by atoms with Gasteiger partial charge in [-0.05, 0) is 26.8 Å². The molecule has 2 aromatic rings. The van der Waals surface area contributed by atoms with E-state index in [0.717, 1.165) is 5.56 Å². The van der Waals surface area contributed by atoms with Crippen molar-refractivity contribution in [3.63, 3.8) is 0 Å². The fourth-order valence-corrected chi connectivity index (χ4v) is 3.33. The van der Waals surface area contributed by atoms with Crippen molar-refractivity contribution in [3.05, 3.63) is 69.3 Å². The number of nitro groups is 1. The zero-order valence-electron chi connectivity index (χ0n) is 15.1.